The number of amides is 2. The van der Waals surface area contributed by atoms with Gasteiger partial charge in [0, 0.05) is 49.4 Å². The first-order chi connectivity index (χ1) is 18.1. The van der Waals surface area contributed by atoms with Gasteiger partial charge in [0.25, 0.3) is 11.5 Å². The minimum Gasteiger partial charge on any atom is -0.494 e. The van der Waals surface area contributed by atoms with Gasteiger partial charge in [-0.25, -0.2) is 0 Å². The van der Waals surface area contributed by atoms with Crippen LogP contribution < -0.4 is 10.9 Å². The summed E-state index contributed by atoms with van der Waals surface area (Å²) in [5, 5.41) is 18.4. The number of nitrogens with one attached hydrogen (secondary N) is 1. The average Bonchev–Trinajstić information content (AvgIpc) is 3.50. The number of nitrogens with zero attached hydrogens (tertiary/aromatic N) is 5. The Bertz CT molecular complexity index is 1330. The van der Waals surface area contributed by atoms with Crippen molar-refractivity contribution in [3.05, 3.63) is 33.3 Å². The van der Waals surface area contributed by atoms with E-state index in [4.69, 9.17) is 0 Å². The second-order valence-electron chi connectivity index (χ2n) is 11.6. The third-order valence-corrected chi connectivity index (χ3v) is 8.40. The van der Waals surface area contributed by atoms with Crippen LogP contribution in [0.1, 0.15) is 80.9 Å². The zero-order valence-electron chi connectivity index (χ0n) is 23.0. The van der Waals surface area contributed by atoms with Crippen molar-refractivity contribution in [1.29, 1.82) is 0 Å². The Balaban J connectivity index is 1.51. The molecule has 2 aromatic heterocycles. The maximum Gasteiger partial charge on any atom is 0.291 e. The Morgan fingerprint density at radius 1 is 1.18 bits per heavy atom. The van der Waals surface area contributed by atoms with Crippen molar-refractivity contribution in [3.8, 4) is 5.88 Å². The third-order valence-electron chi connectivity index (χ3n) is 8.40. The van der Waals surface area contributed by atoms with E-state index in [9.17, 15) is 19.5 Å². The maximum atomic E-state index is 13.5. The summed E-state index contributed by atoms with van der Waals surface area (Å²) < 4.78 is 2.77. The fourth-order valence-corrected chi connectivity index (χ4v) is 6.11. The van der Waals surface area contributed by atoms with Crippen molar-refractivity contribution in [2.45, 2.75) is 84.3 Å². The third kappa shape index (κ3) is 4.74. The largest absolute Gasteiger partial charge is 0.494 e. The van der Waals surface area contributed by atoms with Gasteiger partial charge in [-0.2, -0.15) is 9.61 Å². The van der Waals surface area contributed by atoms with Gasteiger partial charge in [0.05, 0.1) is 5.69 Å². The molecular formula is C28H40N6O4. The molecule has 0 unspecified atom stereocenters. The lowest BCUT2D eigenvalue weighted by atomic mass is 9.85. The Kier molecular flexibility index (Phi) is 7.11. The first kappa shape index (κ1) is 26.5. The highest BCUT2D eigenvalue weighted by molar-refractivity contribution is 5.97. The van der Waals surface area contributed by atoms with E-state index < -0.39 is 11.5 Å². The number of aromatic nitrogens is 3. The van der Waals surface area contributed by atoms with E-state index in [2.05, 4.69) is 22.2 Å². The van der Waals surface area contributed by atoms with Gasteiger partial charge in [0.1, 0.15) is 5.65 Å². The molecule has 2 aliphatic heterocycles. The molecule has 1 saturated carbocycles. The van der Waals surface area contributed by atoms with Gasteiger partial charge in [0.15, 0.2) is 5.56 Å². The van der Waals surface area contributed by atoms with Gasteiger partial charge in [0.2, 0.25) is 11.8 Å². The van der Waals surface area contributed by atoms with E-state index in [1.165, 1.54) is 4.52 Å². The van der Waals surface area contributed by atoms with Crippen LogP contribution in [0, 0.1) is 12.8 Å². The second-order valence-corrected chi connectivity index (χ2v) is 11.6. The van der Waals surface area contributed by atoms with Crippen molar-refractivity contribution < 1.29 is 14.7 Å². The Morgan fingerprint density at radius 2 is 1.89 bits per heavy atom. The Hall–Kier alpha value is -3.14. The van der Waals surface area contributed by atoms with Crippen molar-refractivity contribution in [2.75, 3.05) is 26.2 Å². The lowest BCUT2D eigenvalue weighted by Gasteiger charge is -2.44. The summed E-state index contributed by atoms with van der Waals surface area (Å²) in [5.41, 5.74) is 0.496. The second kappa shape index (κ2) is 10.2. The highest BCUT2D eigenvalue weighted by atomic mass is 16.3. The molecular weight excluding hydrogens is 484 g/mol. The van der Waals surface area contributed by atoms with Gasteiger partial charge in [-0.3, -0.25) is 19.0 Å². The van der Waals surface area contributed by atoms with E-state index in [0.717, 1.165) is 64.7 Å². The minimum absolute atomic E-state index is 0.0337. The Morgan fingerprint density at radius 3 is 2.53 bits per heavy atom. The zero-order chi connectivity index (χ0) is 27.2. The minimum atomic E-state index is -0.661. The fourth-order valence-electron chi connectivity index (χ4n) is 6.11. The van der Waals surface area contributed by atoms with E-state index in [1.54, 1.807) is 23.6 Å². The predicted octanol–water partition coefficient (Wildman–Crippen LogP) is 2.55. The lowest BCUT2D eigenvalue weighted by Crippen LogP contribution is -2.53. The van der Waals surface area contributed by atoms with Crippen LogP contribution in [0.4, 0.5) is 0 Å². The molecule has 0 atom stereocenters. The van der Waals surface area contributed by atoms with Gasteiger partial charge in [-0.1, -0.05) is 20.8 Å². The molecule has 0 radical (unpaired) electrons. The van der Waals surface area contributed by atoms with Crippen LogP contribution in [0.2, 0.25) is 0 Å². The van der Waals surface area contributed by atoms with E-state index >= 15 is 0 Å². The number of aromatic hydroxyl groups is 1. The van der Waals surface area contributed by atoms with Crippen LogP contribution in [-0.2, 0) is 11.3 Å². The van der Waals surface area contributed by atoms with E-state index in [0.29, 0.717) is 23.4 Å². The number of carbonyl (C=O) groups is 2. The van der Waals surface area contributed by atoms with Gasteiger partial charge in [-0.05, 0) is 64.0 Å². The number of rotatable bonds is 7. The molecule has 2 N–H and O–H groups in total. The normalized spacial score (nSPS) is 19.9. The lowest BCUT2D eigenvalue weighted by molar-refractivity contribution is -0.131. The topological polar surface area (TPSA) is 112 Å². The molecule has 10 nitrogen and oxygen atoms in total. The number of hydrogen-bond acceptors (Lipinski definition) is 6. The molecule has 206 valence electrons. The van der Waals surface area contributed by atoms with Crippen molar-refractivity contribution >= 4 is 23.5 Å². The van der Waals surface area contributed by atoms with Gasteiger partial charge >= 0.3 is 0 Å². The summed E-state index contributed by atoms with van der Waals surface area (Å²) >= 11 is 0. The van der Waals surface area contributed by atoms with Crippen LogP contribution in [0.15, 0.2) is 10.9 Å². The summed E-state index contributed by atoms with van der Waals surface area (Å²) in [6, 6.07) is 0.0440. The van der Waals surface area contributed by atoms with Crippen LogP contribution in [0.25, 0.3) is 11.7 Å². The smallest absolute Gasteiger partial charge is 0.291 e. The molecule has 0 aromatic carbocycles. The van der Waals surface area contributed by atoms with E-state index in [1.807, 2.05) is 18.7 Å². The summed E-state index contributed by atoms with van der Waals surface area (Å²) in [6.07, 6.45) is 9.06. The van der Waals surface area contributed by atoms with Crippen LogP contribution in [0.3, 0.4) is 0 Å². The molecule has 0 bridgehead atoms. The first-order valence-corrected chi connectivity index (χ1v) is 14.0. The molecule has 38 heavy (non-hydrogen) atoms. The predicted molar refractivity (Wildman–Crippen MR) is 145 cm³/mol. The molecule has 10 heteroatoms. The fraction of sp³-hybridized carbons (Fsp3) is 0.643. The van der Waals surface area contributed by atoms with Crippen molar-refractivity contribution in [3.63, 3.8) is 0 Å². The van der Waals surface area contributed by atoms with Crippen LogP contribution in [0.5, 0.6) is 5.88 Å². The Labute approximate surface area is 223 Å². The summed E-state index contributed by atoms with van der Waals surface area (Å²) in [7, 11) is 0. The average molecular weight is 525 g/mol. The quantitative estimate of drug-likeness (QED) is 0.539. The van der Waals surface area contributed by atoms with Crippen LogP contribution in [-0.4, -0.2) is 78.7 Å². The summed E-state index contributed by atoms with van der Waals surface area (Å²) in [4.78, 5) is 44.2. The number of carbonyl (C=O) groups excluding carboxylic acids is 2. The van der Waals surface area contributed by atoms with Gasteiger partial charge < -0.3 is 20.2 Å². The molecule has 2 aromatic rings. The number of hydrogen-bond donors (Lipinski definition) is 2. The number of aryl methyl sites for hydroxylation is 1. The number of likely N-dealkylation sites (tertiary alicyclic amines) is 2. The highest BCUT2D eigenvalue weighted by Gasteiger charge is 2.44. The monoisotopic (exact) mass is 524 g/mol. The summed E-state index contributed by atoms with van der Waals surface area (Å²) in [6.45, 7) is 12.1. The van der Waals surface area contributed by atoms with Crippen LogP contribution >= 0.6 is 0 Å². The zero-order valence-corrected chi connectivity index (χ0v) is 23.0. The van der Waals surface area contributed by atoms with Crippen molar-refractivity contribution in [2.24, 2.45) is 5.92 Å². The number of piperidine rings is 1. The first-order valence-electron chi connectivity index (χ1n) is 14.0. The molecule has 1 aliphatic carbocycles. The molecule has 4 heterocycles. The highest BCUT2D eigenvalue weighted by Crippen LogP contribution is 2.38. The standard InChI is InChI=1S/C28H40N6O4/c1-5-31-15-12-28(13-16-31)11-6-14-33(28)22(35)10-9-21-19(4)30-34-25(21)32(17-18(2)3)26(37)23(27(34)38)24(36)29-20-7-8-20/h9-10,18,20,37H,5-8,11-17H2,1-4H3,(H,29,36). The molecule has 3 aliphatic rings. The molecule has 2 saturated heterocycles. The molecule has 5 rings (SSSR count). The van der Waals surface area contributed by atoms with Crippen molar-refractivity contribution in [1.82, 2.24) is 29.3 Å². The SMILES string of the molecule is CCN1CCC2(CCCN2C(=O)C=Cc2c(C)nn3c(=O)c(C(=O)NC4CC4)c(O)n(CC(C)C)c23)CC1. The van der Waals surface area contributed by atoms with Gasteiger partial charge in [-0.15, -0.1) is 0 Å². The molecule has 1 spiro atoms. The van der Waals surface area contributed by atoms with E-state index in [-0.39, 0.29) is 34.8 Å². The molecule has 3 fully saturated rings. The summed E-state index contributed by atoms with van der Waals surface area (Å²) in [5.74, 6) is -0.855. The molecule has 2 amide bonds. The number of fused-ring (bicyclic) bond motifs is 1. The maximum absolute atomic E-state index is 13.5.